The lowest BCUT2D eigenvalue weighted by atomic mass is 9.94. The fourth-order valence-corrected chi connectivity index (χ4v) is 3.44. The minimum atomic E-state index is -0.751. The number of hydrogen-bond donors (Lipinski definition) is 1. The van der Waals surface area contributed by atoms with Crippen molar-refractivity contribution < 1.29 is 8.78 Å². The van der Waals surface area contributed by atoms with Gasteiger partial charge in [-0.05, 0) is 38.3 Å². The molecule has 0 spiro atoms. The molecule has 2 nitrogen and oxygen atoms in total. The van der Waals surface area contributed by atoms with E-state index in [2.05, 4.69) is 10.2 Å². The molecule has 0 amide bonds. The van der Waals surface area contributed by atoms with Gasteiger partial charge in [-0.3, -0.25) is 4.90 Å². The second-order valence-corrected chi connectivity index (χ2v) is 5.74. The van der Waals surface area contributed by atoms with E-state index < -0.39 is 11.6 Å². The molecular weight excluding hydrogens is 246 g/mol. The van der Waals surface area contributed by atoms with Gasteiger partial charge in [0.2, 0.25) is 0 Å². The molecule has 4 heteroatoms. The van der Waals surface area contributed by atoms with E-state index in [0.29, 0.717) is 17.5 Å². The van der Waals surface area contributed by atoms with E-state index in [4.69, 9.17) is 0 Å². The Morgan fingerprint density at radius 3 is 2.95 bits per heavy atom. The summed E-state index contributed by atoms with van der Waals surface area (Å²) in [6, 6.07) is 4.91. The second kappa shape index (κ2) is 5.17. The summed E-state index contributed by atoms with van der Waals surface area (Å²) in [4.78, 5) is 2.27. The molecule has 1 N–H and O–H groups in total. The van der Waals surface area contributed by atoms with Gasteiger partial charge in [-0.2, -0.15) is 0 Å². The number of rotatable bonds is 2. The zero-order valence-corrected chi connectivity index (χ0v) is 11.2. The maximum Gasteiger partial charge on any atom is 0.163 e. The monoisotopic (exact) mass is 266 g/mol. The van der Waals surface area contributed by atoms with E-state index in [1.54, 1.807) is 12.1 Å². The second-order valence-electron chi connectivity index (χ2n) is 5.74. The molecule has 1 aromatic carbocycles. The molecule has 2 heterocycles. The van der Waals surface area contributed by atoms with Gasteiger partial charge in [-0.25, -0.2) is 8.78 Å². The number of nitrogens with one attached hydrogen (secondary N) is 1. The summed E-state index contributed by atoms with van der Waals surface area (Å²) >= 11 is 0. The van der Waals surface area contributed by atoms with Gasteiger partial charge in [0.15, 0.2) is 11.6 Å². The molecule has 2 saturated heterocycles. The van der Waals surface area contributed by atoms with Crippen LogP contribution in [0.5, 0.6) is 0 Å². The molecule has 3 atom stereocenters. The fourth-order valence-electron chi connectivity index (χ4n) is 3.44. The quantitative estimate of drug-likeness (QED) is 0.885. The van der Waals surface area contributed by atoms with Crippen LogP contribution in [-0.4, -0.2) is 30.6 Å². The van der Waals surface area contributed by atoms with Crippen molar-refractivity contribution >= 4 is 0 Å². The van der Waals surface area contributed by atoms with E-state index in [0.717, 1.165) is 19.6 Å². The van der Waals surface area contributed by atoms with E-state index >= 15 is 0 Å². The lowest BCUT2D eigenvalue weighted by Crippen LogP contribution is -2.40. The molecule has 2 fully saturated rings. The molecule has 0 radical (unpaired) electrons. The molecule has 1 aromatic rings. The average molecular weight is 266 g/mol. The van der Waals surface area contributed by atoms with Crippen molar-refractivity contribution in [2.24, 2.45) is 5.92 Å². The number of hydrogen-bond acceptors (Lipinski definition) is 2. The number of piperidine rings is 1. The van der Waals surface area contributed by atoms with Gasteiger partial charge in [0.25, 0.3) is 0 Å². The Balaban J connectivity index is 1.77. The summed E-state index contributed by atoms with van der Waals surface area (Å²) in [6.07, 6.45) is 2.46. The molecule has 0 aliphatic carbocycles. The molecule has 0 bridgehead atoms. The molecular formula is C15H20F2N2. The van der Waals surface area contributed by atoms with Crippen molar-refractivity contribution in [2.45, 2.75) is 31.8 Å². The van der Waals surface area contributed by atoms with Crippen molar-refractivity contribution in [3.63, 3.8) is 0 Å². The van der Waals surface area contributed by atoms with Crippen molar-refractivity contribution in [1.29, 1.82) is 0 Å². The van der Waals surface area contributed by atoms with Gasteiger partial charge in [0.05, 0.1) is 0 Å². The van der Waals surface area contributed by atoms with Crippen LogP contribution in [0.3, 0.4) is 0 Å². The molecule has 3 unspecified atom stereocenters. The Bertz CT molecular complexity index is 449. The highest BCUT2D eigenvalue weighted by Gasteiger charge is 2.36. The van der Waals surface area contributed by atoms with Gasteiger partial charge in [-0.15, -0.1) is 0 Å². The molecule has 3 rings (SSSR count). The summed E-state index contributed by atoms with van der Waals surface area (Å²) in [6.45, 7) is 4.96. The van der Waals surface area contributed by atoms with Crippen LogP contribution >= 0.6 is 0 Å². The summed E-state index contributed by atoms with van der Waals surface area (Å²) < 4.78 is 27.2. The maximum absolute atomic E-state index is 13.9. The number of likely N-dealkylation sites (tertiary alicyclic amines) is 1. The van der Waals surface area contributed by atoms with Gasteiger partial charge in [0.1, 0.15) is 0 Å². The predicted molar refractivity (Wildman–Crippen MR) is 70.9 cm³/mol. The Morgan fingerprint density at radius 1 is 1.32 bits per heavy atom. The lowest BCUT2D eigenvalue weighted by Gasteiger charge is -2.25. The SMILES string of the molecule is CC(c1cccc(F)c1F)N1CC2CCCNC2C1. The van der Waals surface area contributed by atoms with E-state index in [1.807, 2.05) is 6.92 Å². The van der Waals surface area contributed by atoms with E-state index in [1.165, 1.54) is 18.9 Å². The fraction of sp³-hybridized carbons (Fsp3) is 0.600. The standard InChI is InChI=1S/C15H20F2N2/c1-10(12-5-2-6-13(16)15(12)17)19-8-11-4-3-7-18-14(11)9-19/h2,5-6,10-11,14,18H,3-4,7-9H2,1H3. The first-order chi connectivity index (χ1) is 9.16. The summed E-state index contributed by atoms with van der Waals surface area (Å²) in [5.41, 5.74) is 0.471. The molecule has 2 aliphatic rings. The summed E-state index contributed by atoms with van der Waals surface area (Å²) in [5, 5.41) is 3.53. The van der Waals surface area contributed by atoms with E-state index in [9.17, 15) is 8.78 Å². The predicted octanol–water partition coefficient (Wildman–Crippen LogP) is 2.71. The summed E-state index contributed by atoms with van der Waals surface area (Å²) in [7, 11) is 0. The molecule has 19 heavy (non-hydrogen) atoms. The van der Waals surface area contributed by atoms with Crippen LogP contribution in [0, 0.1) is 17.6 Å². The van der Waals surface area contributed by atoms with Gasteiger partial charge < -0.3 is 5.32 Å². The van der Waals surface area contributed by atoms with Crippen LogP contribution < -0.4 is 5.32 Å². The third kappa shape index (κ3) is 2.39. The van der Waals surface area contributed by atoms with Crippen LogP contribution in [-0.2, 0) is 0 Å². The van der Waals surface area contributed by atoms with Crippen LogP contribution in [0.2, 0.25) is 0 Å². The lowest BCUT2D eigenvalue weighted by molar-refractivity contribution is 0.244. The minimum absolute atomic E-state index is 0.0666. The van der Waals surface area contributed by atoms with Gasteiger partial charge in [0, 0.05) is 30.7 Å². The van der Waals surface area contributed by atoms with Crippen molar-refractivity contribution in [1.82, 2.24) is 10.2 Å². The molecule has 2 aliphatic heterocycles. The first-order valence-corrected chi connectivity index (χ1v) is 7.08. The largest absolute Gasteiger partial charge is 0.312 e. The number of benzene rings is 1. The highest BCUT2D eigenvalue weighted by atomic mass is 19.2. The third-order valence-corrected chi connectivity index (χ3v) is 4.61. The smallest absolute Gasteiger partial charge is 0.163 e. The number of nitrogens with zero attached hydrogens (tertiary/aromatic N) is 1. The zero-order chi connectivity index (χ0) is 13.4. The first kappa shape index (κ1) is 13.0. The Kier molecular flexibility index (Phi) is 3.54. The van der Waals surface area contributed by atoms with Crippen molar-refractivity contribution in [3.05, 3.63) is 35.4 Å². The Morgan fingerprint density at radius 2 is 2.16 bits per heavy atom. The van der Waals surface area contributed by atoms with Gasteiger partial charge >= 0.3 is 0 Å². The third-order valence-electron chi connectivity index (χ3n) is 4.61. The Labute approximate surface area is 112 Å². The van der Waals surface area contributed by atoms with Crippen LogP contribution in [0.1, 0.15) is 31.4 Å². The number of fused-ring (bicyclic) bond motifs is 1. The van der Waals surface area contributed by atoms with Crippen molar-refractivity contribution in [3.8, 4) is 0 Å². The number of halogens is 2. The normalized spacial score (nSPS) is 29.2. The first-order valence-electron chi connectivity index (χ1n) is 7.08. The van der Waals surface area contributed by atoms with Crippen LogP contribution in [0.15, 0.2) is 18.2 Å². The van der Waals surface area contributed by atoms with Gasteiger partial charge in [-0.1, -0.05) is 12.1 Å². The summed E-state index contributed by atoms with van der Waals surface area (Å²) in [5.74, 6) is -0.787. The minimum Gasteiger partial charge on any atom is -0.312 e. The molecule has 0 aromatic heterocycles. The Hall–Kier alpha value is -1.00. The zero-order valence-electron chi connectivity index (χ0n) is 11.2. The van der Waals surface area contributed by atoms with Crippen LogP contribution in [0.25, 0.3) is 0 Å². The molecule has 104 valence electrons. The maximum atomic E-state index is 13.9. The highest BCUT2D eigenvalue weighted by molar-refractivity contribution is 5.22. The molecule has 0 saturated carbocycles. The highest BCUT2D eigenvalue weighted by Crippen LogP contribution is 2.32. The average Bonchev–Trinajstić information content (AvgIpc) is 2.85. The van der Waals surface area contributed by atoms with E-state index in [-0.39, 0.29) is 6.04 Å². The topological polar surface area (TPSA) is 15.3 Å². The van der Waals surface area contributed by atoms with Crippen molar-refractivity contribution in [2.75, 3.05) is 19.6 Å². The van der Waals surface area contributed by atoms with Crippen LogP contribution in [0.4, 0.5) is 8.78 Å².